The van der Waals surface area contributed by atoms with Crippen molar-refractivity contribution in [1.82, 2.24) is 9.88 Å². The number of aromatic nitrogens is 1. The summed E-state index contributed by atoms with van der Waals surface area (Å²) in [4.78, 5) is 20.4. The third kappa shape index (κ3) is 5.43. The number of rotatable bonds is 6. The molecule has 4 nitrogen and oxygen atoms in total. The van der Waals surface area contributed by atoms with Gasteiger partial charge in [0.1, 0.15) is 11.9 Å². The third-order valence-corrected chi connectivity index (χ3v) is 7.01. The van der Waals surface area contributed by atoms with Gasteiger partial charge >= 0.3 is 0 Å². The normalized spacial score (nSPS) is 14.6. The van der Waals surface area contributed by atoms with Crippen LogP contribution in [0, 0.1) is 18.6 Å². The number of halogens is 2. The number of hydrogen-bond donors (Lipinski definition) is 0. The lowest BCUT2D eigenvalue weighted by Crippen LogP contribution is -2.42. The fourth-order valence-electron chi connectivity index (χ4n) is 3.49. The highest BCUT2D eigenvalue weighted by atomic mass is 32.2. The smallest absolute Gasteiger partial charge is 0.254 e. The summed E-state index contributed by atoms with van der Waals surface area (Å²) < 4.78 is 32.6. The number of ether oxygens (including phenoxy) is 1. The highest BCUT2D eigenvalue weighted by Crippen LogP contribution is 2.29. The van der Waals surface area contributed by atoms with E-state index in [2.05, 4.69) is 4.98 Å². The van der Waals surface area contributed by atoms with E-state index >= 15 is 0 Å². The van der Waals surface area contributed by atoms with Crippen molar-refractivity contribution in [2.75, 3.05) is 13.1 Å². The number of aryl methyl sites for hydroxylation is 1. The standard InChI is InChI=1S/C23H22F2N2O2S2/c1-15-26-17(13-30-15)14-31-22-5-3-2-4-19(22)23(28)27-10-8-18(9-11-27)29-21-7-6-16(24)12-20(21)25/h2-7,12-13,18H,8-11,14H2,1H3. The van der Waals surface area contributed by atoms with Gasteiger partial charge in [0.2, 0.25) is 0 Å². The van der Waals surface area contributed by atoms with Gasteiger partial charge in [0, 0.05) is 48.0 Å². The van der Waals surface area contributed by atoms with Gasteiger partial charge in [0.15, 0.2) is 11.6 Å². The summed E-state index contributed by atoms with van der Waals surface area (Å²) in [6.07, 6.45) is 0.980. The van der Waals surface area contributed by atoms with Crippen molar-refractivity contribution in [3.63, 3.8) is 0 Å². The highest BCUT2D eigenvalue weighted by molar-refractivity contribution is 7.98. The number of carbonyl (C=O) groups is 1. The Morgan fingerprint density at radius 3 is 2.71 bits per heavy atom. The number of thioether (sulfide) groups is 1. The number of piperidine rings is 1. The molecule has 0 N–H and O–H groups in total. The Bertz CT molecular complexity index is 1070. The molecule has 1 saturated heterocycles. The summed E-state index contributed by atoms with van der Waals surface area (Å²) in [5, 5.41) is 3.08. The Kier molecular flexibility index (Phi) is 6.87. The molecule has 2 heterocycles. The predicted octanol–water partition coefficient (Wildman–Crippen LogP) is 5.71. The minimum atomic E-state index is -0.709. The Morgan fingerprint density at radius 1 is 1.23 bits per heavy atom. The van der Waals surface area contributed by atoms with Gasteiger partial charge in [-0.3, -0.25) is 4.79 Å². The van der Waals surface area contributed by atoms with Crippen LogP contribution in [0.1, 0.15) is 33.9 Å². The minimum Gasteiger partial charge on any atom is -0.487 e. The number of thiazole rings is 1. The molecule has 3 aromatic rings. The molecule has 0 saturated carbocycles. The van der Waals surface area contributed by atoms with E-state index < -0.39 is 11.6 Å². The zero-order valence-electron chi connectivity index (χ0n) is 17.0. The molecule has 8 heteroatoms. The molecule has 1 aliphatic rings. The average molecular weight is 461 g/mol. The van der Waals surface area contributed by atoms with Gasteiger partial charge in [-0.2, -0.15) is 0 Å². The van der Waals surface area contributed by atoms with E-state index in [-0.39, 0.29) is 17.8 Å². The van der Waals surface area contributed by atoms with Crippen molar-refractivity contribution in [3.8, 4) is 5.75 Å². The number of amides is 1. The molecule has 1 amide bonds. The van der Waals surface area contributed by atoms with E-state index in [0.29, 0.717) is 37.2 Å². The molecule has 1 aromatic heterocycles. The van der Waals surface area contributed by atoms with E-state index in [9.17, 15) is 13.6 Å². The SMILES string of the molecule is Cc1nc(CSc2ccccc2C(=O)N2CCC(Oc3ccc(F)cc3F)CC2)cs1. The van der Waals surface area contributed by atoms with Crippen LogP contribution in [-0.2, 0) is 5.75 Å². The van der Waals surface area contributed by atoms with E-state index in [1.54, 1.807) is 23.1 Å². The van der Waals surface area contributed by atoms with Crippen LogP contribution < -0.4 is 4.74 Å². The predicted molar refractivity (Wildman–Crippen MR) is 119 cm³/mol. The third-order valence-electron chi connectivity index (χ3n) is 5.08. The quantitative estimate of drug-likeness (QED) is 0.442. The second-order valence-corrected chi connectivity index (χ2v) is 9.41. The van der Waals surface area contributed by atoms with E-state index in [4.69, 9.17) is 4.74 Å². The van der Waals surface area contributed by atoms with Crippen LogP contribution in [0.3, 0.4) is 0 Å². The molecule has 0 unspecified atom stereocenters. The van der Waals surface area contributed by atoms with Crippen LogP contribution in [-0.4, -0.2) is 35.0 Å². The lowest BCUT2D eigenvalue weighted by molar-refractivity contribution is 0.0585. The van der Waals surface area contributed by atoms with Gasteiger partial charge in [0.25, 0.3) is 5.91 Å². The van der Waals surface area contributed by atoms with Crippen LogP contribution in [0.25, 0.3) is 0 Å². The zero-order valence-corrected chi connectivity index (χ0v) is 18.6. The maximum Gasteiger partial charge on any atom is 0.254 e. The number of nitrogens with zero attached hydrogens (tertiary/aromatic N) is 2. The molecule has 31 heavy (non-hydrogen) atoms. The summed E-state index contributed by atoms with van der Waals surface area (Å²) >= 11 is 3.23. The molecule has 162 valence electrons. The number of carbonyl (C=O) groups excluding carboxylic acids is 1. The van der Waals surface area contributed by atoms with Crippen molar-refractivity contribution < 1.29 is 18.3 Å². The van der Waals surface area contributed by atoms with Crippen LogP contribution >= 0.6 is 23.1 Å². The Balaban J connectivity index is 1.36. The topological polar surface area (TPSA) is 42.4 Å². The van der Waals surface area contributed by atoms with E-state index in [1.807, 2.05) is 41.5 Å². The molecule has 4 rings (SSSR count). The van der Waals surface area contributed by atoms with Crippen LogP contribution in [0.5, 0.6) is 5.75 Å². The molecular weight excluding hydrogens is 438 g/mol. The van der Waals surface area contributed by atoms with Crippen LogP contribution in [0.2, 0.25) is 0 Å². The summed E-state index contributed by atoms with van der Waals surface area (Å²) in [5.74, 6) is -0.589. The van der Waals surface area contributed by atoms with Gasteiger partial charge < -0.3 is 9.64 Å². The minimum absolute atomic E-state index is 0.0102. The first kappa shape index (κ1) is 21.8. The molecule has 0 bridgehead atoms. The largest absolute Gasteiger partial charge is 0.487 e. The maximum atomic E-state index is 13.8. The Labute approximate surface area is 188 Å². The first-order valence-corrected chi connectivity index (χ1v) is 11.9. The highest BCUT2D eigenvalue weighted by Gasteiger charge is 2.26. The van der Waals surface area contributed by atoms with E-state index in [0.717, 1.165) is 21.7 Å². The second kappa shape index (κ2) is 9.78. The molecule has 0 aliphatic carbocycles. The number of benzene rings is 2. The van der Waals surface area contributed by atoms with Crippen molar-refractivity contribution in [1.29, 1.82) is 0 Å². The van der Waals surface area contributed by atoms with Gasteiger partial charge in [-0.05, 0) is 31.2 Å². The lowest BCUT2D eigenvalue weighted by atomic mass is 10.1. The summed E-state index contributed by atoms with van der Waals surface area (Å²) in [6.45, 7) is 3.03. The van der Waals surface area contributed by atoms with Crippen molar-refractivity contribution in [3.05, 3.63) is 75.7 Å². The Hall–Kier alpha value is -2.45. The van der Waals surface area contributed by atoms with Crippen molar-refractivity contribution in [2.24, 2.45) is 0 Å². The van der Waals surface area contributed by atoms with Crippen LogP contribution in [0.4, 0.5) is 8.78 Å². The van der Waals surface area contributed by atoms with Gasteiger partial charge in [-0.1, -0.05) is 12.1 Å². The summed E-state index contributed by atoms with van der Waals surface area (Å²) in [5.41, 5.74) is 1.70. The molecule has 1 fully saturated rings. The monoisotopic (exact) mass is 460 g/mol. The zero-order chi connectivity index (χ0) is 21.8. The first-order chi connectivity index (χ1) is 15.0. The first-order valence-electron chi connectivity index (χ1n) is 10.0. The fraction of sp³-hybridized carbons (Fsp3) is 0.304. The molecule has 1 aliphatic heterocycles. The number of hydrogen-bond acceptors (Lipinski definition) is 5. The van der Waals surface area contributed by atoms with Gasteiger partial charge in [0.05, 0.1) is 16.3 Å². The lowest BCUT2D eigenvalue weighted by Gasteiger charge is -2.32. The maximum absolute atomic E-state index is 13.8. The molecule has 0 radical (unpaired) electrons. The van der Waals surface area contributed by atoms with Gasteiger partial charge in [-0.15, -0.1) is 23.1 Å². The molecular formula is C23H22F2N2O2S2. The Morgan fingerprint density at radius 2 is 2.00 bits per heavy atom. The van der Waals surface area contributed by atoms with E-state index in [1.165, 1.54) is 12.1 Å². The van der Waals surface area contributed by atoms with Crippen molar-refractivity contribution in [2.45, 2.75) is 36.5 Å². The van der Waals surface area contributed by atoms with Gasteiger partial charge in [-0.25, -0.2) is 13.8 Å². The number of likely N-dealkylation sites (tertiary alicyclic amines) is 1. The second-order valence-electron chi connectivity index (χ2n) is 7.33. The fourth-order valence-corrected chi connectivity index (χ4v) is 5.15. The summed E-state index contributed by atoms with van der Waals surface area (Å²) in [7, 11) is 0. The molecule has 2 aromatic carbocycles. The van der Waals surface area contributed by atoms with Crippen LogP contribution in [0.15, 0.2) is 52.7 Å². The average Bonchev–Trinajstić information content (AvgIpc) is 3.19. The molecule has 0 atom stereocenters. The summed E-state index contributed by atoms with van der Waals surface area (Å²) in [6, 6.07) is 10.9. The molecule has 0 spiro atoms. The van der Waals surface area contributed by atoms with Crippen molar-refractivity contribution >= 4 is 29.0 Å².